The standard InChI is InChI=1S/C8H5ClF3NOS/c9-7(10)8(11,12)5-3-1-2-4-6(5)13(14)15/h1-4,7H. The number of nitrogens with zero attached hydrogens (tertiary/aromatic N) is 1. The Balaban J connectivity index is 3.31. The van der Waals surface area contributed by atoms with E-state index in [-0.39, 0.29) is 4.17 Å². The highest BCUT2D eigenvalue weighted by Crippen LogP contribution is 2.40. The van der Waals surface area contributed by atoms with Gasteiger partial charge in [-0.25, -0.2) is 4.39 Å². The van der Waals surface area contributed by atoms with E-state index in [0.717, 1.165) is 12.1 Å². The van der Waals surface area contributed by atoms with E-state index in [4.69, 9.17) is 11.6 Å². The van der Waals surface area contributed by atoms with Gasteiger partial charge in [-0.05, 0) is 6.07 Å². The van der Waals surface area contributed by atoms with Crippen molar-refractivity contribution in [1.82, 2.24) is 0 Å². The van der Waals surface area contributed by atoms with E-state index in [2.05, 4.69) is 12.8 Å². The van der Waals surface area contributed by atoms with Gasteiger partial charge in [0.25, 0.3) is 0 Å². The molecule has 15 heavy (non-hydrogen) atoms. The van der Waals surface area contributed by atoms with Gasteiger partial charge < -0.3 is 12.8 Å². The molecule has 82 valence electrons. The fourth-order valence-electron chi connectivity index (χ4n) is 1.03. The minimum atomic E-state index is -3.94. The molecule has 0 aliphatic carbocycles. The molecule has 0 amide bonds. The average molecular weight is 256 g/mol. The summed E-state index contributed by atoms with van der Waals surface area (Å²) in [4.78, 5) is 10.8. The van der Waals surface area contributed by atoms with E-state index >= 15 is 0 Å². The second-order valence-corrected chi connectivity index (χ2v) is 3.41. The molecule has 0 saturated heterocycles. The predicted octanol–water partition coefficient (Wildman–Crippen LogP) is 3.19. The molecule has 0 N–H and O–H groups in total. The van der Waals surface area contributed by atoms with Crippen LogP contribution in [0.15, 0.2) is 24.3 Å². The summed E-state index contributed by atoms with van der Waals surface area (Å²) in [7, 11) is 0. The first-order valence-corrected chi connectivity index (χ1v) is 4.57. The zero-order chi connectivity index (χ0) is 11.6. The van der Waals surface area contributed by atoms with E-state index in [1.807, 2.05) is 0 Å². The Morgan fingerprint density at radius 3 is 2.40 bits per heavy atom. The van der Waals surface area contributed by atoms with Gasteiger partial charge in [-0.3, -0.25) is 0 Å². The molecule has 1 rings (SSSR count). The van der Waals surface area contributed by atoms with Gasteiger partial charge in [-0.15, -0.1) is 0 Å². The average Bonchev–Trinajstić information content (AvgIpc) is 2.17. The summed E-state index contributed by atoms with van der Waals surface area (Å²) in [6.45, 7) is 0. The number of benzene rings is 1. The van der Waals surface area contributed by atoms with E-state index < -0.39 is 22.8 Å². The minimum Gasteiger partial charge on any atom is -0.364 e. The molecule has 1 aromatic rings. The quantitative estimate of drug-likeness (QED) is 0.470. The number of halogens is 4. The fraction of sp³-hybridized carbons (Fsp3) is 0.250. The SMILES string of the molecule is O=[N+]([S-])c1ccccc1C(F)(F)C(F)Cl. The third-order valence-electron chi connectivity index (χ3n) is 1.73. The zero-order valence-corrected chi connectivity index (χ0v) is 8.73. The maximum atomic E-state index is 13.2. The van der Waals surface area contributed by atoms with Crippen LogP contribution in [0, 0.1) is 4.91 Å². The Morgan fingerprint density at radius 2 is 1.93 bits per heavy atom. The minimum absolute atomic E-state index is 0.178. The molecule has 1 atom stereocenters. The number of hydrogen-bond donors (Lipinski definition) is 0. The Kier molecular flexibility index (Phi) is 3.51. The summed E-state index contributed by atoms with van der Waals surface area (Å²) in [5.41, 5.74) is -4.22. The summed E-state index contributed by atoms with van der Waals surface area (Å²) >= 11 is 8.88. The summed E-state index contributed by atoms with van der Waals surface area (Å²) in [6, 6.07) is 4.56. The number of hydrogen-bond acceptors (Lipinski definition) is 2. The highest BCUT2D eigenvalue weighted by molar-refractivity contribution is 7.51. The van der Waals surface area contributed by atoms with Crippen molar-refractivity contribution in [1.29, 1.82) is 0 Å². The highest BCUT2D eigenvalue weighted by atomic mass is 35.5. The van der Waals surface area contributed by atoms with Crippen LogP contribution in [-0.4, -0.2) is 9.80 Å². The fourth-order valence-corrected chi connectivity index (χ4v) is 1.31. The van der Waals surface area contributed by atoms with Crippen LogP contribution in [0.25, 0.3) is 0 Å². The Morgan fingerprint density at radius 1 is 1.40 bits per heavy atom. The second kappa shape index (κ2) is 4.32. The van der Waals surface area contributed by atoms with Crippen LogP contribution in [0.2, 0.25) is 0 Å². The number of nitroso groups, excluding NO2 is 1. The summed E-state index contributed by atoms with van der Waals surface area (Å²) < 4.78 is 38.7. The molecule has 1 aromatic carbocycles. The van der Waals surface area contributed by atoms with Gasteiger partial charge in [0.1, 0.15) is 0 Å². The predicted molar refractivity (Wildman–Crippen MR) is 51.7 cm³/mol. The largest absolute Gasteiger partial charge is 0.364 e. The lowest BCUT2D eigenvalue weighted by molar-refractivity contribution is -0.266. The lowest BCUT2D eigenvalue weighted by atomic mass is 10.1. The Labute approximate surface area is 94.2 Å². The van der Waals surface area contributed by atoms with Gasteiger partial charge in [0.05, 0.1) is 5.56 Å². The molecule has 7 heteroatoms. The van der Waals surface area contributed by atoms with Crippen molar-refractivity contribution in [2.45, 2.75) is 11.6 Å². The van der Waals surface area contributed by atoms with Crippen molar-refractivity contribution in [2.24, 2.45) is 0 Å². The highest BCUT2D eigenvalue weighted by Gasteiger charge is 2.45. The number of para-hydroxylation sites is 1. The molecule has 0 aliphatic heterocycles. The second-order valence-electron chi connectivity index (χ2n) is 2.70. The molecule has 0 fully saturated rings. The lowest BCUT2D eigenvalue weighted by Gasteiger charge is -2.16. The van der Waals surface area contributed by atoms with Crippen LogP contribution in [0.1, 0.15) is 5.56 Å². The van der Waals surface area contributed by atoms with Crippen LogP contribution in [0.3, 0.4) is 0 Å². The smallest absolute Gasteiger partial charge is 0.324 e. The molecule has 0 spiro atoms. The van der Waals surface area contributed by atoms with Crippen LogP contribution >= 0.6 is 11.6 Å². The van der Waals surface area contributed by atoms with Crippen LogP contribution in [0.5, 0.6) is 0 Å². The monoisotopic (exact) mass is 255 g/mol. The summed E-state index contributed by atoms with van der Waals surface area (Å²) in [5, 5.41) is 0. The van der Waals surface area contributed by atoms with Gasteiger partial charge in [0.2, 0.25) is 11.3 Å². The summed E-state index contributed by atoms with van der Waals surface area (Å²) in [6.07, 6.45) is 0. The van der Waals surface area contributed by atoms with Crippen molar-refractivity contribution in [3.8, 4) is 0 Å². The first-order chi connectivity index (χ1) is 6.87. The van der Waals surface area contributed by atoms with Crippen molar-refractivity contribution in [3.63, 3.8) is 0 Å². The van der Waals surface area contributed by atoms with Gasteiger partial charge in [0, 0.05) is 11.0 Å². The molecule has 2 nitrogen and oxygen atoms in total. The number of alkyl halides is 4. The lowest BCUT2D eigenvalue weighted by Crippen LogP contribution is -2.23. The van der Waals surface area contributed by atoms with E-state index in [9.17, 15) is 18.1 Å². The molecule has 0 radical (unpaired) electrons. The Hall–Kier alpha value is -0.880. The molecule has 1 unspecified atom stereocenters. The molecule has 0 aromatic heterocycles. The van der Waals surface area contributed by atoms with E-state index in [0.29, 0.717) is 0 Å². The topological polar surface area (TPSA) is 20.1 Å². The first kappa shape index (κ1) is 12.2. The van der Waals surface area contributed by atoms with Gasteiger partial charge >= 0.3 is 5.92 Å². The first-order valence-electron chi connectivity index (χ1n) is 3.77. The van der Waals surface area contributed by atoms with E-state index in [1.165, 1.54) is 12.1 Å². The molecule has 0 saturated carbocycles. The maximum Gasteiger partial charge on any atom is 0.324 e. The zero-order valence-electron chi connectivity index (χ0n) is 7.16. The van der Waals surface area contributed by atoms with Crippen molar-refractivity contribution in [2.75, 3.05) is 0 Å². The molecular formula is C8H5ClF3NOS. The van der Waals surface area contributed by atoms with Crippen LogP contribution in [0.4, 0.5) is 18.9 Å². The van der Waals surface area contributed by atoms with Gasteiger partial charge in [0.15, 0.2) is 0 Å². The summed E-state index contributed by atoms with van der Waals surface area (Å²) in [5.74, 6) is -3.94. The normalized spacial score (nSPS) is 13.6. The van der Waals surface area contributed by atoms with Gasteiger partial charge in [-0.2, -0.15) is 8.78 Å². The maximum absolute atomic E-state index is 13.2. The van der Waals surface area contributed by atoms with Crippen LogP contribution < -0.4 is 0 Å². The Bertz CT molecular complexity index is 386. The molecule has 0 bridgehead atoms. The van der Waals surface area contributed by atoms with Crippen molar-refractivity contribution in [3.05, 3.63) is 34.7 Å². The van der Waals surface area contributed by atoms with Crippen molar-refractivity contribution >= 4 is 30.1 Å². The van der Waals surface area contributed by atoms with Gasteiger partial charge in [-0.1, -0.05) is 27.9 Å². The molecular weight excluding hydrogens is 251 g/mol. The van der Waals surface area contributed by atoms with Crippen molar-refractivity contribution < 1.29 is 17.3 Å². The number of rotatable bonds is 3. The third-order valence-corrected chi connectivity index (χ3v) is 2.20. The molecule has 0 heterocycles. The third kappa shape index (κ3) is 2.38. The van der Waals surface area contributed by atoms with Crippen LogP contribution in [-0.2, 0) is 18.7 Å². The molecule has 0 aliphatic rings. The van der Waals surface area contributed by atoms with E-state index in [1.54, 1.807) is 0 Å².